The van der Waals surface area contributed by atoms with E-state index in [4.69, 9.17) is 4.74 Å². The molecule has 0 aromatic carbocycles. The van der Waals surface area contributed by atoms with Gasteiger partial charge in [-0.2, -0.15) is 0 Å². The molecule has 2 aromatic heterocycles. The van der Waals surface area contributed by atoms with Crippen molar-refractivity contribution in [1.82, 2.24) is 24.9 Å². The first-order valence-corrected chi connectivity index (χ1v) is 8.28. The van der Waals surface area contributed by atoms with Crippen molar-refractivity contribution in [3.05, 3.63) is 41.5 Å². The maximum Gasteiger partial charge on any atom is 0.0967 e. The molecule has 2 atom stereocenters. The molecule has 1 saturated heterocycles. The van der Waals surface area contributed by atoms with Gasteiger partial charge in [-0.3, -0.25) is 14.6 Å². The summed E-state index contributed by atoms with van der Waals surface area (Å²) in [6.07, 6.45) is 3.47. The van der Waals surface area contributed by atoms with E-state index in [1.54, 1.807) is 0 Å². The van der Waals surface area contributed by atoms with Crippen LogP contribution in [0.1, 0.15) is 30.9 Å². The predicted molar refractivity (Wildman–Crippen MR) is 88.0 cm³/mol. The lowest BCUT2D eigenvalue weighted by Gasteiger charge is -2.34. The third-order valence-electron chi connectivity index (χ3n) is 4.01. The van der Waals surface area contributed by atoms with Gasteiger partial charge in [0.1, 0.15) is 0 Å². The zero-order chi connectivity index (χ0) is 16.2. The number of aromatic nitrogens is 4. The first kappa shape index (κ1) is 16.1. The van der Waals surface area contributed by atoms with Crippen molar-refractivity contribution < 1.29 is 4.74 Å². The second-order valence-electron chi connectivity index (χ2n) is 6.44. The van der Waals surface area contributed by atoms with E-state index < -0.39 is 0 Å². The number of pyridine rings is 1. The van der Waals surface area contributed by atoms with Crippen molar-refractivity contribution in [2.45, 2.75) is 52.5 Å². The summed E-state index contributed by atoms with van der Waals surface area (Å²) in [7, 11) is 0. The Labute approximate surface area is 137 Å². The Bertz CT molecular complexity index is 631. The third-order valence-corrected chi connectivity index (χ3v) is 4.01. The van der Waals surface area contributed by atoms with Crippen molar-refractivity contribution >= 4 is 0 Å². The highest BCUT2D eigenvalue weighted by molar-refractivity contribution is 5.09. The minimum Gasteiger partial charge on any atom is -0.373 e. The minimum atomic E-state index is 0.279. The molecule has 6 heteroatoms. The van der Waals surface area contributed by atoms with Gasteiger partial charge < -0.3 is 4.74 Å². The summed E-state index contributed by atoms with van der Waals surface area (Å²) in [5.74, 6) is 0. The molecule has 0 N–H and O–H groups in total. The molecule has 23 heavy (non-hydrogen) atoms. The molecule has 3 rings (SSSR count). The molecular formula is C17H25N5O. The van der Waals surface area contributed by atoms with Crippen LogP contribution in [0.5, 0.6) is 0 Å². The van der Waals surface area contributed by atoms with Gasteiger partial charge in [0.2, 0.25) is 0 Å². The molecule has 0 radical (unpaired) electrons. The van der Waals surface area contributed by atoms with Crippen LogP contribution in [-0.4, -0.2) is 50.2 Å². The summed E-state index contributed by atoms with van der Waals surface area (Å²) in [6, 6.07) is 6.12. The topological polar surface area (TPSA) is 56.1 Å². The molecule has 0 amide bonds. The number of nitrogens with zero attached hydrogens (tertiary/aromatic N) is 5. The standard InChI is InChI=1S/C17H25N5O/c1-13-5-4-6-16(18-13)7-8-22-12-17(19-20-22)11-21-9-14(2)23-15(3)10-21/h4-6,12,14-15H,7-11H2,1-3H3/t14-,15+. The summed E-state index contributed by atoms with van der Waals surface area (Å²) < 4.78 is 7.68. The fourth-order valence-corrected chi connectivity index (χ4v) is 3.13. The Kier molecular flexibility index (Phi) is 5.03. The Morgan fingerprint density at radius 2 is 1.96 bits per heavy atom. The lowest BCUT2D eigenvalue weighted by Crippen LogP contribution is -2.44. The van der Waals surface area contributed by atoms with Crippen molar-refractivity contribution in [2.75, 3.05) is 13.1 Å². The zero-order valence-electron chi connectivity index (χ0n) is 14.1. The normalized spacial score (nSPS) is 22.4. The molecule has 0 saturated carbocycles. The van der Waals surface area contributed by atoms with Crippen LogP contribution in [0.15, 0.2) is 24.4 Å². The smallest absolute Gasteiger partial charge is 0.0967 e. The van der Waals surface area contributed by atoms with Crippen molar-refractivity contribution in [3.63, 3.8) is 0 Å². The number of aryl methyl sites for hydroxylation is 3. The summed E-state index contributed by atoms with van der Waals surface area (Å²) in [5.41, 5.74) is 3.17. The number of rotatable bonds is 5. The quantitative estimate of drug-likeness (QED) is 0.842. The number of hydrogen-bond acceptors (Lipinski definition) is 5. The molecule has 2 aromatic rings. The summed E-state index contributed by atoms with van der Waals surface area (Å²) in [4.78, 5) is 6.91. The van der Waals surface area contributed by atoms with Crippen molar-refractivity contribution in [1.29, 1.82) is 0 Å². The number of morpholine rings is 1. The zero-order valence-corrected chi connectivity index (χ0v) is 14.1. The molecule has 1 aliphatic rings. The fourth-order valence-electron chi connectivity index (χ4n) is 3.13. The highest BCUT2D eigenvalue weighted by atomic mass is 16.5. The van der Waals surface area contributed by atoms with E-state index in [1.807, 2.05) is 29.9 Å². The Morgan fingerprint density at radius 3 is 2.70 bits per heavy atom. The third kappa shape index (κ3) is 4.59. The SMILES string of the molecule is Cc1cccc(CCn2cc(CN3C[C@@H](C)O[C@@H](C)C3)nn2)n1. The van der Waals surface area contributed by atoms with Crippen LogP contribution in [0, 0.1) is 6.92 Å². The van der Waals surface area contributed by atoms with E-state index in [-0.39, 0.29) is 12.2 Å². The van der Waals surface area contributed by atoms with E-state index in [0.717, 1.165) is 49.7 Å². The molecule has 1 aliphatic heterocycles. The maximum atomic E-state index is 5.77. The van der Waals surface area contributed by atoms with Gasteiger partial charge in [0.15, 0.2) is 0 Å². The average Bonchev–Trinajstić information content (AvgIpc) is 2.92. The second-order valence-corrected chi connectivity index (χ2v) is 6.44. The monoisotopic (exact) mass is 315 g/mol. The van der Waals surface area contributed by atoms with Gasteiger partial charge in [-0.25, -0.2) is 0 Å². The van der Waals surface area contributed by atoms with E-state index in [2.05, 4.69) is 40.1 Å². The van der Waals surface area contributed by atoms with Crippen molar-refractivity contribution in [2.24, 2.45) is 0 Å². The highest BCUT2D eigenvalue weighted by Crippen LogP contribution is 2.13. The summed E-state index contributed by atoms with van der Waals surface area (Å²) >= 11 is 0. The Balaban J connectivity index is 1.53. The first-order chi connectivity index (χ1) is 11.1. The Morgan fingerprint density at radius 1 is 1.17 bits per heavy atom. The average molecular weight is 315 g/mol. The second kappa shape index (κ2) is 7.19. The molecule has 1 fully saturated rings. The van der Waals surface area contributed by atoms with Crippen LogP contribution in [0.4, 0.5) is 0 Å². The van der Waals surface area contributed by atoms with Crippen LogP contribution < -0.4 is 0 Å². The first-order valence-electron chi connectivity index (χ1n) is 8.28. The van der Waals surface area contributed by atoms with E-state index in [9.17, 15) is 0 Å². The molecule has 0 bridgehead atoms. The van der Waals surface area contributed by atoms with E-state index in [0.29, 0.717) is 0 Å². The van der Waals surface area contributed by atoms with E-state index >= 15 is 0 Å². The number of hydrogen-bond donors (Lipinski definition) is 0. The summed E-state index contributed by atoms with van der Waals surface area (Å²) in [5, 5.41) is 8.54. The van der Waals surface area contributed by atoms with Gasteiger partial charge in [-0.05, 0) is 32.9 Å². The number of ether oxygens (including phenoxy) is 1. The molecule has 3 heterocycles. The van der Waals surface area contributed by atoms with Gasteiger partial charge in [-0.1, -0.05) is 11.3 Å². The molecule has 124 valence electrons. The lowest BCUT2D eigenvalue weighted by molar-refractivity contribution is -0.0707. The van der Waals surface area contributed by atoms with Crippen LogP contribution in [-0.2, 0) is 24.2 Å². The van der Waals surface area contributed by atoms with Gasteiger partial charge in [0.25, 0.3) is 0 Å². The molecular weight excluding hydrogens is 290 g/mol. The van der Waals surface area contributed by atoms with E-state index in [1.165, 1.54) is 0 Å². The van der Waals surface area contributed by atoms with Gasteiger partial charge in [0, 0.05) is 50.2 Å². The molecule has 0 aliphatic carbocycles. The van der Waals surface area contributed by atoms with Gasteiger partial charge in [-0.15, -0.1) is 5.10 Å². The largest absolute Gasteiger partial charge is 0.373 e. The van der Waals surface area contributed by atoms with Crippen molar-refractivity contribution in [3.8, 4) is 0 Å². The van der Waals surface area contributed by atoms with Gasteiger partial charge in [0.05, 0.1) is 17.9 Å². The Hall–Kier alpha value is -1.79. The predicted octanol–water partition coefficient (Wildman–Crippen LogP) is 1.83. The lowest BCUT2D eigenvalue weighted by atomic mass is 10.2. The van der Waals surface area contributed by atoms with Crippen LogP contribution in [0.25, 0.3) is 0 Å². The molecule has 0 unspecified atom stereocenters. The maximum absolute atomic E-state index is 5.77. The van der Waals surface area contributed by atoms with Crippen LogP contribution in [0.3, 0.4) is 0 Å². The van der Waals surface area contributed by atoms with Crippen LogP contribution >= 0.6 is 0 Å². The highest BCUT2D eigenvalue weighted by Gasteiger charge is 2.22. The minimum absolute atomic E-state index is 0.279. The fraction of sp³-hybridized carbons (Fsp3) is 0.588. The molecule has 6 nitrogen and oxygen atoms in total. The van der Waals surface area contributed by atoms with Crippen LogP contribution in [0.2, 0.25) is 0 Å². The molecule has 0 spiro atoms. The van der Waals surface area contributed by atoms with Gasteiger partial charge >= 0.3 is 0 Å². The summed E-state index contributed by atoms with van der Waals surface area (Å²) in [6.45, 7) is 9.79.